The molecule has 0 atom stereocenters. The molecule has 3 rings (SSSR count). The molecule has 0 unspecified atom stereocenters. The number of carbonyl (C=O) groups excluding carboxylic acids is 1. The molecule has 3 heterocycles. The highest BCUT2D eigenvalue weighted by atomic mass is 16.1. The van der Waals surface area contributed by atoms with Gasteiger partial charge in [-0.1, -0.05) is 6.92 Å². The summed E-state index contributed by atoms with van der Waals surface area (Å²) in [5.74, 6) is -0.150. The molecule has 1 saturated heterocycles. The van der Waals surface area contributed by atoms with E-state index in [1.807, 2.05) is 24.3 Å². The van der Waals surface area contributed by atoms with Gasteiger partial charge in [-0.05, 0) is 42.8 Å². The Morgan fingerprint density at radius 2 is 1.88 bits per heavy atom. The Bertz CT molecular complexity index is 683. The summed E-state index contributed by atoms with van der Waals surface area (Å²) < 4.78 is 0. The summed E-state index contributed by atoms with van der Waals surface area (Å²) in [6.45, 7) is 7.96. The number of hydrogen-bond donors (Lipinski definition) is 1. The summed E-state index contributed by atoms with van der Waals surface area (Å²) >= 11 is 0. The quantitative estimate of drug-likeness (QED) is 0.871. The van der Waals surface area contributed by atoms with Crippen molar-refractivity contribution in [3.63, 3.8) is 0 Å². The van der Waals surface area contributed by atoms with E-state index < -0.39 is 0 Å². The zero-order valence-electron chi connectivity index (χ0n) is 14.7. The average molecular weight is 339 g/mol. The number of nitrogens with one attached hydrogen (secondary N) is 1. The van der Waals surface area contributed by atoms with E-state index in [2.05, 4.69) is 32.0 Å². The zero-order chi connectivity index (χ0) is 17.5. The van der Waals surface area contributed by atoms with Gasteiger partial charge in [0.05, 0.1) is 0 Å². The van der Waals surface area contributed by atoms with Crippen LogP contribution in [0.3, 0.4) is 0 Å². The van der Waals surface area contributed by atoms with Crippen LogP contribution >= 0.6 is 0 Å². The SMILES string of the molecule is CCCN1CCN(c2ccnc(C(=O)NCc3ccncc3)c2)CC1. The fraction of sp³-hybridized carbons (Fsp3) is 0.421. The van der Waals surface area contributed by atoms with Crippen LogP contribution < -0.4 is 10.2 Å². The Kier molecular flexibility index (Phi) is 5.95. The lowest BCUT2D eigenvalue weighted by molar-refractivity contribution is 0.0946. The number of pyridine rings is 2. The van der Waals surface area contributed by atoms with Gasteiger partial charge in [0.2, 0.25) is 0 Å². The summed E-state index contributed by atoms with van der Waals surface area (Å²) in [5, 5.41) is 2.91. The summed E-state index contributed by atoms with van der Waals surface area (Å²) in [7, 11) is 0. The first-order valence-electron chi connectivity index (χ1n) is 8.86. The van der Waals surface area contributed by atoms with Gasteiger partial charge in [-0.25, -0.2) is 0 Å². The average Bonchev–Trinajstić information content (AvgIpc) is 2.68. The summed E-state index contributed by atoms with van der Waals surface area (Å²) in [6.07, 6.45) is 6.35. The Morgan fingerprint density at radius 3 is 2.60 bits per heavy atom. The molecule has 2 aromatic rings. The van der Waals surface area contributed by atoms with Crippen LogP contribution in [0.4, 0.5) is 5.69 Å². The molecule has 132 valence electrons. The van der Waals surface area contributed by atoms with Gasteiger partial charge < -0.3 is 10.2 Å². The minimum atomic E-state index is -0.150. The van der Waals surface area contributed by atoms with Gasteiger partial charge in [0, 0.05) is 57.0 Å². The Balaban J connectivity index is 1.58. The normalized spacial score (nSPS) is 15.2. The van der Waals surface area contributed by atoms with Crippen LogP contribution in [-0.2, 0) is 6.54 Å². The highest BCUT2D eigenvalue weighted by molar-refractivity contribution is 5.93. The van der Waals surface area contributed by atoms with Crippen molar-refractivity contribution in [2.24, 2.45) is 0 Å². The number of carbonyl (C=O) groups is 1. The van der Waals surface area contributed by atoms with E-state index in [9.17, 15) is 4.79 Å². The molecular formula is C19H25N5O. The van der Waals surface area contributed by atoms with Crippen molar-refractivity contribution < 1.29 is 4.79 Å². The smallest absolute Gasteiger partial charge is 0.270 e. The van der Waals surface area contributed by atoms with Gasteiger partial charge in [0.15, 0.2) is 0 Å². The van der Waals surface area contributed by atoms with Crippen LogP contribution in [0.25, 0.3) is 0 Å². The molecule has 0 aromatic carbocycles. The van der Waals surface area contributed by atoms with Gasteiger partial charge in [-0.2, -0.15) is 0 Å². The van der Waals surface area contributed by atoms with Gasteiger partial charge in [0.1, 0.15) is 5.69 Å². The molecule has 6 heteroatoms. The number of anilines is 1. The first-order valence-corrected chi connectivity index (χ1v) is 8.86. The molecule has 0 radical (unpaired) electrons. The molecule has 0 spiro atoms. The van der Waals surface area contributed by atoms with Gasteiger partial charge in [-0.3, -0.25) is 19.7 Å². The van der Waals surface area contributed by atoms with Crippen molar-refractivity contribution in [2.75, 3.05) is 37.6 Å². The Hall–Kier alpha value is -2.47. The molecule has 2 aromatic heterocycles. The van der Waals surface area contributed by atoms with Crippen molar-refractivity contribution in [3.05, 3.63) is 54.1 Å². The predicted octanol–water partition coefficient (Wildman–Crippen LogP) is 1.94. The third-order valence-corrected chi connectivity index (χ3v) is 4.46. The first-order chi connectivity index (χ1) is 12.3. The largest absolute Gasteiger partial charge is 0.369 e. The van der Waals surface area contributed by atoms with Gasteiger partial charge in [0.25, 0.3) is 5.91 Å². The number of amides is 1. The van der Waals surface area contributed by atoms with E-state index in [0.29, 0.717) is 12.2 Å². The van der Waals surface area contributed by atoms with Crippen LogP contribution in [0.5, 0.6) is 0 Å². The zero-order valence-corrected chi connectivity index (χ0v) is 14.7. The van der Waals surface area contributed by atoms with Crippen molar-refractivity contribution in [2.45, 2.75) is 19.9 Å². The number of rotatable bonds is 6. The third kappa shape index (κ3) is 4.76. The summed E-state index contributed by atoms with van der Waals surface area (Å²) in [5.41, 5.74) is 2.55. The van der Waals surface area contributed by atoms with E-state index in [-0.39, 0.29) is 5.91 Å². The molecule has 0 aliphatic carbocycles. The highest BCUT2D eigenvalue weighted by Gasteiger charge is 2.17. The highest BCUT2D eigenvalue weighted by Crippen LogP contribution is 2.17. The Labute approximate surface area is 148 Å². The maximum atomic E-state index is 12.4. The van der Waals surface area contributed by atoms with Crippen molar-refractivity contribution >= 4 is 11.6 Å². The monoisotopic (exact) mass is 339 g/mol. The van der Waals surface area contributed by atoms with Crippen molar-refractivity contribution in [1.29, 1.82) is 0 Å². The molecule has 25 heavy (non-hydrogen) atoms. The summed E-state index contributed by atoms with van der Waals surface area (Å²) in [4.78, 5) is 25.4. The molecule has 6 nitrogen and oxygen atoms in total. The minimum Gasteiger partial charge on any atom is -0.369 e. The van der Waals surface area contributed by atoms with E-state index >= 15 is 0 Å². The Morgan fingerprint density at radius 1 is 1.12 bits per heavy atom. The molecule has 1 aliphatic rings. The molecule has 1 N–H and O–H groups in total. The van der Waals surface area contributed by atoms with Crippen LogP contribution in [-0.4, -0.2) is 53.5 Å². The van der Waals surface area contributed by atoms with Crippen LogP contribution in [0.2, 0.25) is 0 Å². The molecule has 1 aliphatic heterocycles. The minimum absolute atomic E-state index is 0.150. The number of piperazine rings is 1. The van der Waals surface area contributed by atoms with Gasteiger partial charge in [-0.15, -0.1) is 0 Å². The lowest BCUT2D eigenvalue weighted by Gasteiger charge is -2.36. The maximum Gasteiger partial charge on any atom is 0.270 e. The van der Waals surface area contributed by atoms with E-state index in [4.69, 9.17) is 0 Å². The first kappa shape index (κ1) is 17.4. The maximum absolute atomic E-state index is 12.4. The second-order valence-electron chi connectivity index (χ2n) is 6.27. The van der Waals surface area contributed by atoms with Crippen LogP contribution in [0.15, 0.2) is 42.9 Å². The molecule has 0 saturated carbocycles. The predicted molar refractivity (Wildman–Crippen MR) is 98.6 cm³/mol. The van der Waals surface area contributed by atoms with E-state index in [1.165, 1.54) is 6.42 Å². The van der Waals surface area contributed by atoms with Gasteiger partial charge >= 0.3 is 0 Å². The van der Waals surface area contributed by atoms with E-state index in [1.54, 1.807) is 18.6 Å². The van der Waals surface area contributed by atoms with Crippen LogP contribution in [0, 0.1) is 0 Å². The van der Waals surface area contributed by atoms with Crippen LogP contribution in [0.1, 0.15) is 29.4 Å². The second-order valence-corrected chi connectivity index (χ2v) is 6.27. The third-order valence-electron chi connectivity index (χ3n) is 4.46. The molecule has 1 fully saturated rings. The van der Waals surface area contributed by atoms with Crippen molar-refractivity contribution in [3.8, 4) is 0 Å². The summed E-state index contributed by atoms with van der Waals surface area (Å²) in [6, 6.07) is 7.65. The molecule has 0 bridgehead atoms. The lowest BCUT2D eigenvalue weighted by atomic mass is 10.2. The number of aromatic nitrogens is 2. The van der Waals surface area contributed by atoms with Crippen molar-refractivity contribution in [1.82, 2.24) is 20.2 Å². The van der Waals surface area contributed by atoms with E-state index in [0.717, 1.165) is 44.0 Å². The molecule has 1 amide bonds. The fourth-order valence-electron chi connectivity index (χ4n) is 3.06. The lowest BCUT2D eigenvalue weighted by Crippen LogP contribution is -2.46. The molecular weight excluding hydrogens is 314 g/mol. The number of hydrogen-bond acceptors (Lipinski definition) is 5. The second kappa shape index (κ2) is 8.58. The standard InChI is InChI=1S/C19H25N5O/c1-2-9-23-10-12-24(13-11-23)17-5-8-21-18(14-17)19(25)22-15-16-3-6-20-7-4-16/h3-8,14H,2,9-13,15H2,1H3,(H,22,25). The topological polar surface area (TPSA) is 61.4 Å². The number of nitrogens with zero attached hydrogens (tertiary/aromatic N) is 4. The fourth-order valence-corrected chi connectivity index (χ4v) is 3.06.